The molecule has 53 valence electrons. The Kier molecular flexibility index (Phi) is 1.76. The van der Waals surface area contributed by atoms with E-state index in [1.165, 1.54) is 0 Å². The summed E-state index contributed by atoms with van der Waals surface area (Å²) >= 11 is 0. The average Bonchev–Trinajstić information content (AvgIpc) is 1.88. The molecule has 1 rings (SSSR count). The van der Waals surface area contributed by atoms with Crippen molar-refractivity contribution in [3.05, 3.63) is 30.0 Å². The SMILES string of the molecule is C[C]1C=C(C(N)=O)C=CN1. The van der Waals surface area contributed by atoms with Crippen LogP contribution in [0.15, 0.2) is 23.9 Å². The molecule has 0 unspecified atom stereocenters. The minimum Gasteiger partial charge on any atom is -0.380 e. The summed E-state index contributed by atoms with van der Waals surface area (Å²) in [4.78, 5) is 10.6. The molecule has 0 saturated carbocycles. The molecule has 0 aliphatic carbocycles. The molecule has 3 heteroatoms. The van der Waals surface area contributed by atoms with Crippen molar-refractivity contribution in [1.82, 2.24) is 5.32 Å². The van der Waals surface area contributed by atoms with Gasteiger partial charge in [-0.1, -0.05) is 0 Å². The van der Waals surface area contributed by atoms with Crippen LogP contribution < -0.4 is 11.1 Å². The molecule has 0 aromatic heterocycles. The molecule has 1 heterocycles. The molecule has 0 atom stereocenters. The second-order valence-corrected chi connectivity index (χ2v) is 2.12. The molecular formula is C7H9N2O. The first-order valence-electron chi connectivity index (χ1n) is 2.98. The van der Waals surface area contributed by atoms with Crippen LogP contribution in [-0.2, 0) is 4.79 Å². The Bertz CT molecular complexity index is 206. The Morgan fingerprint density at radius 3 is 2.80 bits per heavy atom. The Labute approximate surface area is 59.6 Å². The highest BCUT2D eigenvalue weighted by Gasteiger charge is 2.06. The lowest BCUT2D eigenvalue weighted by atomic mass is 10.1. The van der Waals surface area contributed by atoms with Gasteiger partial charge >= 0.3 is 0 Å². The normalized spacial score (nSPS) is 17.9. The van der Waals surface area contributed by atoms with E-state index < -0.39 is 5.91 Å². The van der Waals surface area contributed by atoms with Gasteiger partial charge in [-0.05, 0) is 25.3 Å². The van der Waals surface area contributed by atoms with Gasteiger partial charge < -0.3 is 11.1 Å². The molecule has 3 N–H and O–H groups in total. The minimum absolute atomic E-state index is 0.392. The first-order valence-corrected chi connectivity index (χ1v) is 2.98. The molecule has 1 amide bonds. The third-order valence-electron chi connectivity index (χ3n) is 1.23. The van der Waals surface area contributed by atoms with E-state index in [0.717, 1.165) is 6.04 Å². The van der Waals surface area contributed by atoms with Gasteiger partial charge in [0, 0.05) is 5.57 Å². The van der Waals surface area contributed by atoms with Crippen molar-refractivity contribution in [2.75, 3.05) is 0 Å². The molecule has 10 heavy (non-hydrogen) atoms. The average molecular weight is 137 g/mol. The Morgan fingerprint density at radius 2 is 2.40 bits per heavy atom. The smallest absolute Gasteiger partial charge is 0.248 e. The number of carbonyl (C=O) groups is 1. The second kappa shape index (κ2) is 2.56. The van der Waals surface area contributed by atoms with Crippen LogP contribution in [0.4, 0.5) is 0 Å². The highest BCUT2D eigenvalue weighted by molar-refractivity contribution is 5.95. The highest BCUT2D eigenvalue weighted by Crippen LogP contribution is 2.07. The molecule has 0 saturated heterocycles. The fourth-order valence-electron chi connectivity index (χ4n) is 0.739. The first-order chi connectivity index (χ1) is 4.70. The maximum absolute atomic E-state index is 10.6. The molecule has 1 radical (unpaired) electrons. The van der Waals surface area contributed by atoms with Crippen LogP contribution in [-0.4, -0.2) is 5.91 Å². The summed E-state index contributed by atoms with van der Waals surface area (Å²) in [5, 5.41) is 2.92. The number of carbonyl (C=O) groups excluding carboxylic acids is 1. The molecule has 1 aliphatic rings. The van der Waals surface area contributed by atoms with Crippen LogP contribution in [0.3, 0.4) is 0 Å². The van der Waals surface area contributed by atoms with Gasteiger partial charge in [-0.25, -0.2) is 0 Å². The predicted molar refractivity (Wildman–Crippen MR) is 38.5 cm³/mol. The van der Waals surface area contributed by atoms with Crippen LogP contribution in [0.25, 0.3) is 0 Å². The third-order valence-corrected chi connectivity index (χ3v) is 1.23. The summed E-state index contributed by atoms with van der Waals surface area (Å²) in [6, 6.07) is 0.927. The van der Waals surface area contributed by atoms with Gasteiger partial charge in [-0.15, -0.1) is 0 Å². The van der Waals surface area contributed by atoms with Crippen molar-refractivity contribution in [2.24, 2.45) is 5.73 Å². The molecular weight excluding hydrogens is 128 g/mol. The summed E-state index contributed by atoms with van der Waals surface area (Å²) < 4.78 is 0. The van der Waals surface area contributed by atoms with E-state index in [4.69, 9.17) is 5.73 Å². The van der Waals surface area contributed by atoms with Crippen molar-refractivity contribution in [3.63, 3.8) is 0 Å². The zero-order chi connectivity index (χ0) is 7.56. The summed E-state index contributed by atoms with van der Waals surface area (Å²) in [7, 11) is 0. The lowest BCUT2D eigenvalue weighted by Crippen LogP contribution is -2.19. The Balaban J connectivity index is 2.76. The number of nitrogens with two attached hydrogens (primary N) is 1. The number of nitrogens with one attached hydrogen (secondary N) is 1. The van der Waals surface area contributed by atoms with Crippen LogP contribution in [0, 0.1) is 6.04 Å². The van der Waals surface area contributed by atoms with E-state index in [2.05, 4.69) is 5.32 Å². The summed E-state index contributed by atoms with van der Waals surface area (Å²) in [5.74, 6) is -0.392. The number of rotatable bonds is 1. The van der Waals surface area contributed by atoms with E-state index >= 15 is 0 Å². The summed E-state index contributed by atoms with van der Waals surface area (Å²) in [6.45, 7) is 1.87. The van der Waals surface area contributed by atoms with Crippen molar-refractivity contribution < 1.29 is 4.79 Å². The number of primary amides is 1. The molecule has 1 aliphatic heterocycles. The van der Waals surface area contributed by atoms with Crippen LogP contribution in [0.1, 0.15) is 6.92 Å². The van der Waals surface area contributed by atoms with Crippen LogP contribution in [0.2, 0.25) is 0 Å². The summed E-state index contributed by atoms with van der Waals surface area (Å²) in [6.07, 6.45) is 5.05. The standard InChI is InChI=1S/C7H9N2O/c1-5-4-6(7(8)10)2-3-9-5/h2-4,9H,1H3,(H2,8,10). The first kappa shape index (κ1) is 6.86. The van der Waals surface area contributed by atoms with E-state index in [1.54, 1.807) is 18.4 Å². The zero-order valence-electron chi connectivity index (χ0n) is 5.72. The molecule has 0 bridgehead atoms. The molecule has 0 aromatic carbocycles. The second-order valence-electron chi connectivity index (χ2n) is 2.12. The van der Waals surface area contributed by atoms with Crippen LogP contribution >= 0.6 is 0 Å². The number of dihydropyridines is 1. The van der Waals surface area contributed by atoms with Gasteiger partial charge in [0.1, 0.15) is 0 Å². The van der Waals surface area contributed by atoms with Crippen molar-refractivity contribution in [1.29, 1.82) is 0 Å². The van der Waals surface area contributed by atoms with Gasteiger partial charge in [0.25, 0.3) is 0 Å². The fraction of sp³-hybridized carbons (Fsp3) is 0.143. The van der Waals surface area contributed by atoms with Gasteiger partial charge in [-0.2, -0.15) is 0 Å². The summed E-state index contributed by atoms with van der Waals surface area (Å²) in [5.41, 5.74) is 5.57. The number of hydrogen-bond acceptors (Lipinski definition) is 2. The molecule has 3 nitrogen and oxygen atoms in total. The quantitative estimate of drug-likeness (QED) is 0.537. The van der Waals surface area contributed by atoms with E-state index in [0.29, 0.717) is 5.57 Å². The topological polar surface area (TPSA) is 55.1 Å². The van der Waals surface area contributed by atoms with Gasteiger partial charge in [-0.3, -0.25) is 4.79 Å². The maximum Gasteiger partial charge on any atom is 0.248 e. The lowest BCUT2D eigenvalue weighted by molar-refractivity contribution is -0.114. The van der Waals surface area contributed by atoms with Crippen molar-refractivity contribution in [3.8, 4) is 0 Å². The predicted octanol–water partition coefficient (Wildman–Crippen LogP) is 0.0669. The van der Waals surface area contributed by atoms with Gasteiger partial charge in [0.05, 0.1) is 6.04 Å². The number of hydrogen-bond donors (Lipinski definition) is 2. The highest BCUT2D eigenvalue weighted by atomic mass is 16.1. The fourth-order valence-corrected chi connectivity index (χ4v) is 0.739. The van der Waals surface area contributed by atoms with Gasteiger partial charge in [0.2, 0.25) is 5.91 Å². The largest absolute Gasteiger partial charge is 0.380 e. The van der Waals surface area contributed by atoms with E-state index in [-0.39, 0.29) is 0 Å². The maximum atomic E-state index is 10.6. The Hall–Kier alpha value is -1.25. The third kappa shape index (κ3) is 1.37. The monoisotopic (exact) mass is 137 g/mol. The van der Waals surface area contributed by atoms with Crippen molar-refractivity contribution >= 4 is 5.91 Å². The van der Waals surface area contributed by atoms with Crippen molar-refractivity contribution in [2.45, 2.75) is 6.92 Å². The molecule has 0 aromatic rings. The lowest BCUT2D eigenvalue weighted by Gasteiger charge is -2.10. The zero-order valence-corrected chi connectivity index (χ0v) is 5.72. The minimum atomic E-state index is -0.392. The molecule has 0 spiro atoms. The van der Waals surface area contributed by atoms with Crippen LogP contribution in [0.5, 0.6) is 0 Å². The number of amides is 1. The van der Waals surface area contributed by atoms with Gasteiger partial charge in [0.15, 0.2) is 0 Å². The van der Waals surface area contributed by atoms with E-state index in [1.807, 2.05) is 6.92 Å². The Morgan fingerprint density at radius 1 is 1.70 bits per heavy atom. The molecule has 0 fully saturated rings. The van der Waals surface area contributed by atoms with E-state index in [9.17, 15) is 4.79 Å².